The summed E-state index contributed by atoms with van der Waals surface area (Å²) in [6.07, 6.45) is 5.71. The van der Waals surface area contributed by atoms with Crippen molar-refractivity contribution in [3.8, 4) is 0 Å². The van der Waals surface area contributed by atoms with Gasteiger partial charge in [-0.15, -0.1) is 0 Å². The second kappa shape index (κ2) is 10.2. The number of carbonyl (C=O) groups excluding carboxylic acids is 1. The Bertz CT molecular complexity index is 1160. The zero-order valence-corrected chi connectivity index (χ0v) is 19.7. The molecule has 0 saturated heterocycles. The van der Waals surface area contributed by atoms with Crippen molar-refractivity contribution in [1.29, 1.82) is 0 Å². The van der Waals surface area contributed by atoms with Crippen LogP contribution < -0.4 is 4.31 Å². The molecule has 1 amide bonds. The van der Waals surface area contributed by atoms with Crippen LogP contribution in [-0.4, -0.2) is 32.3 Å². The highest BCUT2D eigenvalue weighted by Gasteiger charge is 2.26. The fourth-order valence-corrected chi connectivity index (χ4v) is 5.86. The molecule has 172 valence electrons. The van der Waals surface area contributed by atoms with Gasteiger partial charge in [-0.2, -0.15) is 0 Å². The van der Waals surface area contributed by atoms with E-state index in [2.05, 4.69) is 0 Å². The highest BCUT2D eigenvalue weighted by Crippen LogP contribution is 2.26. The zero-order valence-electron chi connectivity index (χ0n) is 18.9. The van der Waals surface area contributed by atoms with Crippen molar-refractivity contribution in [2.75, 3.05) is 11.4 Å². The number of amides is 1. The van der Waals surface area contributed by atoms with Crippen molar-refractivity contribution in [2.45, 2.75) is 49.6 Å². The first kappa shape index (κ1) is 23.1. The van der Waals surface area contributed by atoms with Gasteiger partial charge in [-0.1, -0.05) is 67.8 Å². The van der Waals surface area contributed by atoms with Crippen LogP contribution in [0.15, 0.2) is 89.8 Å². The molecule has 0 bridgehead atoms. The maximum absolute atomic E-state index is 13.4. The summed E-state index contributed by atoms with van der Waals surface area (Å²) in [7, 11) is -1.86. The second-order valence-corrected chi connectivity index (χ2v) is 10.4. The van der Waals surface area contributed by atoms with Crippen LogP contribution in [0.3, 0.4) is 0 Å². The smallest absolute Gasteiger partial charge is 0.264 e. The summed E-state index contributed by atoms with van der Waals surface area (Å²) in [5.41, 5.74) is 2.04. The molecule has 1 fully saturated rings. The Balaban J connectivity index is 1.56. The molecule has 1 saturated carbocycles. The third-order valence-electron chi connectivity index (χ3n) is 6.35. The molecule has 1 aliphatic rings. The van der Waals surface area contributed by atoms with Gasteiger partial charge in [0.15, 0.2) is 0 Å². The lowest BCUT2D eigenvalue weighted by Gasteiger charge is -2.31. The highest BCUT2D eigenvalue weighted by molar-refractivity contribution is 7.92. The fourth-order valence-electron chi connectivity index (χ4n) is 4.39. The van der Waals surface area contributed by atoms with E-state index >= 15 is 0 Å². The number of nitrogens with zero attached hydrogens (tertiary/aromatic N) is 2. The predicted octanol–water partition coefficient (Wildman–Crippen LogP) is 5.49. The molecular weight excluding hydrogens is 432 g/mol. The van der Waals surface area contributed by atoms with Crippen LogP contribution in [0.25, 0.3) is 0 Å². The van der Waals surface area contributed by atoms with Gasteiger partial charge in [-0.05, 0) is 54.8 Å². The summed E-state index contributed by atoms with van der Waals surface area (Å²) in [6, 6.07) is 25.1. The molecule has 6 heteroatoms. The molecule has 0 radical (unpaired) electrons. The Kier molecular flexibility index (Phi) is 7.14. The van der Waals surface area contributed by atoms with Gasteiger partial charge in [-0.3, -0.25) is 9.10 Å². The summed E-state index contributed by atoms with van der Waals surface area (Å²) in [4.78, 5) is 15.1. The molecular formula is C27H30N2O3S. The molecule has 0 unspecified atom stereocenters. The minimum Gasteiger partial charge on any atom is -0.339 e. The average molecular weight is 463 g/mol. The van der Waals surface area contributed by atoms with Gasteiger partial charge >= 0.3 is 0 Å². The fraction of sp³-hybridized carbons (Fsp3) is 0.296. The van der Waals surface area contributed by atoms with E-state index in [1.165, 1.54) is 23.6 Å². The van der Waals surface area contributed by atoms with Crippen LogP contribution in [0.5, 0.6) is 0 Å². The Morgan fingerprint density at radius 1 is 0.818 bits per heavy atom. The minimum absolute atomic E-state index is 0.0188. The summed E-state index contributed by atoms with van der Waals surface area (Å²) >= 11 is 0. The van der Waals surface area contributed by atoms with Crippen LogP contribution in [0.2, 0.25) is 0 Å². The predicted molar refractivity (Wildman–Crippen MR) is 132 cm³/mol. The van der Waals surface area contributed by atoms with E-state index in [1.807, 2.05) is 42.3 Å². The Labute approximate surface area is 196 Å². The largest absolute Gasteiger partial charge is 0.339 e. The molecule has 0 aliphatic heterocycles. The van der Waals surface area contributed by atoms with Gasteiger partial charge in [0.25, 0.3) is 15.9 Å². The van der Waals surface area contributed by atoms with Crippen LogP contribution in [0, 0.1) is 0 Å². The highest BCUT2D eigenvalue weighted by atomic mass is 32.2. The lowest BCUT2D eigenvalue weighted by molar-refractivity contribution is 0.0696. The van der Waals surface area contributed by atoms with Crippen LogP contribution in [-0.2, 0) is 16.6 Å². The van der Waals surface area contributed by atoms with E-state index in [-0.39, 0.29) is 17.3 Å². The van der Waals surface area contributed by atoms with Crippen LogP contribution >= 0.6 is 0 Å². The van der Waals surface area contributed by atoms with E-state index in [4.69, 9.17) is 0 Å². The van der Waals surface area contributed by atoms with Crippen molar-refractivity contribution < 1.29 is 13.2 Å². The third kappa shape index (κ3) is 5.28. The minimum atomic E-state index is -3.75. The van der Waals surface area contributed by atoms with Crippen molar-refractivity contribution in [1.82, 2.24) is 4.90 Å². The average Bonchev–Trinajstić information content (AvgIpc) is 2.88. The van der Waals surface area contributed by atoms with Gasteiger partial charge in [0.2, 0.25) is 0 Å². The monoisotopic (exact) mass is 462 g/mol. The number of sulfonamides is 1. The first-order valence-electron chi connectivity index (χ1n) is 11.5. The lowest BCUT2D eigenvalue weighted by Crippen LogP contribution is -2.38. The standard InChI is InChI=1S/C27H30N2O3S/c1-28(24-11-5-2-6-12-24)27(30)23-19-17-22(18-20-23)21-29(25-13-7-3-8-14-25)33(31,32)26-15-9-4-10-16-26/h3-4,7-10,13-20,24H,2,5-6,11-12,21H2,1H3. The molecule has 3 aromatic carbocycles. The zero-order chi connectivity index (χ0) is 23.3. The van der Waals surface area contributed by atoms with Gasteiger partial charge < -0.3 is 4.90 Å². The topological polar surface area (TPSA) is 57.7 Å². The van der Waals surface area contributed by atoms with Gasteiger partial charge in [0, 0.05) is 18.7 Å². The molecule has 5 nitrogen and oxygen atoms in total. The number of rotatable bonds is 7. The first-order valence-corrected chi connectivity index (χ1v) is 12.9. The second-order valence-electron chi connectivity index (χ2n) is 8.57. The quantitative estimate of drug-likeness (QED) is 0.467. The Morgan fingerprint density at radius 3 is 2.00 bits per heavy atom. The number of anilines is 1. The number of para-hydroxylation sites is 1. The van der Waals surface area contributed by atoms with Crippen LogP contribution in [0.4, 0.5) is 5.69 Å². The van der Waals surface area contributed by atoms with Gasteiger partial charge in [0.1, 0.15) is 0 Å². The molecule has 0 spiro atoms. The van der Waals surface area contributed by atoms with E-state index in [0.717, 1.165) is 18.4 Å². The van der Waals surface area contributed by atoms with Gasteiger partial charge in [-0.25, -0.2) is 8.42 Å². The summed E-state index contributed by atoms with van der Waals surface area (Å²) in [5.74, 6) is 0.0188. The molecule has 3 aromatic rings. The van der Waals surface area contributed by atoms with E-state index < -0.39 is 10.0 Å². The Morgan fingerprint density at radius 2 is 1.39 bits per heavy atom. The van der Waals surface area contributed by atoms with Crippen molar-refractivity contribution in [3.05, 3.63) is 96.1 Å². The molecule has 1 aliphatic carbocycles. The van der Waals surface area contributed by atoms with E-state index in [0.29, 0.717) is 17.3 Å². The summed E-state index contributed by atoms with van der Waals surface area (Å²) in [6.45, 7) is 0.175. The number of carbonyl (C=O) groups is 1. The van der Waals surface area contributed by atoms with E-state index in [9.17, 15) is 13.2 Å². The van der Waals surface area contributed by atoms with Crippen molar-refractivity contribution in [2.24, 2.45) is 0 Å². The number of hydrogen-bond donors (Lipinski definition) is 0. The van der Waals surface area contributed by atoms with Gasteiger partial charge in [0.05, 0.1) is 17.1 Å². The normalized spacial score (nSPS) is 14.6. The summed E-state index contributed by atoms with van der Waals surface area (Å²) < 4.78 is 28.3. The third-order valence-corrected chi connectivity index (χ3v) is 8.13. The maximum Gasteiger partial charge on any atom is 0.264 e. The molecule has 4 rings (SSSR count). The maximum atomic E-state index is 13.4. The lowest BCUT2D eigenvalue weighted by atomic mass is 9.94. The van der Waals surface area contributed by atoms with Crippen molar-refractivity contribution >= 4 is 21.6 Å². The molecule has 0 heterocycles. The van der Waals surface area contributed by atoms with Crippen LogP contribution in [0.1, 0.15) is 48.0 Å². The summed E-state index contributed by atoms with van der Waals surface area (Å²) in [5, 5.41) is 0. The number of hydrogen-bond acceptors (Lipinski definition) is 3. The molecule has 0 N–H and O–H groups in total. The number of benzene rings is 3. The van der Waals surface area contributed by atoms with E-state index in [1.54, 1.807) is 54.6 Å². The Hall–Kier alpha value is -3.12. The SMILES string of the molecule is CN(C(=O)c1ccc(CN(c2ccccc2)S(=O)(=O)c2ccccc2)cc1)C1CCCCC1. The van der Waals surface area contributed by atoms with Crippen molar-refractivity contribution in [3.63, 3.8) is 0 Å². The molecule has 0 atom stereocenters. The molecule has 33 heavy (non-hydrogen) atoms. The molecule has 0 aromatic heterocycles. The first-order chi connectivity index (χ1) is 16.0.